The highest BCUT2D eigenvalue weighted by atomic mass is 19.1. The summed E-state index contributed by atoms with van der Waals surface area (Å²) in [6.45, 7) is 13.5. The van der Waals surface area contributed by atoms with Crippen LogP contribution in [0, 0.1) is 64.9 Å². The van der Waals surface area contributed by atoms with Crippen molar-refractivity contribution in [3.05, 3.63) is 87.1 Å². The van der Waals surface area contributed by atoms with Crippen LogP contribution in [0.4, 0.5) is 13.6 Å². The molecule has 4 unspecified atom stereocenters. The van der Waals surface area contributed by atoms with Crippen LogP contribution in [0.3, 0.4) is 0 Å². The molecule has 0 bridgehead atoms. The molecule has 4 amide bonds. The summed E-state index contributed by atoms with van der Waals surface area (Å²) < 4.78 is 41.0. The molecule has 2 aromatic rings. The molecule has 74 heavy (non-hydrogen) atoms. The van der Waals surface area contributed by atoms with Crippen molar-refractivity contribution >= 4 is 40.8 Å². The first-order valence-corrected chi connectivity index (χ1v) is 26.6. The molecule has 16 heteroatoms. The minimum absolute atomic E-state index is 0.00782. The van der Waals surface area contributed by atoms with E-state index in [0.29, 0.717) is 28.4 Å². The molecule has 1 heterocycles. The van der Waals surface area contributed by atoms with Crippen LogP contribution in [0.25, 0.3) is 33.4 Å². The Bertz CT molecular complexity index is 2860. The molecule has 3 saturated carbocycles. The fourth-order valence-corrected chi connectivity index (χ4v) is 13.7. The van der Waals surface area contributed by atoms with Gasteiger partial charge in [0.25, 0.3) is 5.91 Å². The number of halogens is 2. The van der Waals surface area contributed by atoms with Gasteiger partial charge in [-0.3, -0.25) is 24.0 Å². The van der Waals surface area contributed by atoms with Crippen LogP contribution in [0.2, 0.25) is 0 Å². The number of allylic oxidation sites excluding steroid dienone is 1. The summed E-state index contributed by atoms with van der Waals surface area (Å²) in [5, 5.41) is 29.9. The van der Waals surface area contributed by atoms with E-state index in [2.05, 4.69) is 62.0 Å². The Morgan fingerprint density at radius 3 is 2.38 bits per heavy atom. The van der Waals surface area contributed by atoms with Crippen LogP contribution in [-0.4, -0.2) is 71.8 Å². The smallest absolute Gasteiger partial charge is 0.407 e. The number of carbonyl (C=O) groups is 5. The van der Waals surface area contributed by atoms with Crippen LogP contribution < -0.4 is 26.7 Å². The van der Waals surface area contributed by atoms with Crippen molar-refractivity contribution in [2.45, 2.75) is 137 Å². The van der Waals surface area contributed by atoms with E-state index in [-0.39, 0.29) is 64.4 Å². The molecular weight excluding hydrogens is 951 g/mol. The molecule has 8 rings (SSSR count). The van der Waals surface area contributed by atoms with Gasteiger partial charge in [0.15, 0.2) is 17.4 Å². The monoisotopic (exact) mass is 1020 g/mol. The van der Waals surface area contributed by atoms with Gasteiger partial charge in [-0.1, -0.05) is 71.6 Å². The van der Waals surface area contributed by atoms with E-state index in [1.807, 2.05) is 0 Å². The van der Waals surface area contributed by atoms with Crippen molar-refractivity contribution in [2.75, 3.05) is 19.6 Å². The first-order valence-electron chi connectivity index (χ1n) is 26.6. The largest absolute Gasteiger partial charge is 0.505 e. The second kappa shape index (κ2) is 22.3. The van der Waals surface area contributed by atoms with Gasteiger partial charge in [0.1, 0.15) is 23.5 Å². The number of fused-ring (bicyclic) bond motifs is 7. The number of ether oxygens (including phenoxy) is 1. The van der Waals surface area contributed by atoms with Gasteiger partial charge >= 0.3 is 12.1 Å². The Balaban J connectivity index is 0.801. The maximum atomic E-state index is 14.7. The zero-order valence-corrected chi connectivity index (χ0v) is 43.5. The Hall–Kier alpha value is -6.32. The number of benzene rings is 3. The molecule has 0 radical (unpaired) electrons. The fraction of sp³-hybridized carbons (Fsp3) is 0.552. The Morgan fingerprint density at radius 2 is 1.64 bits per heavy atom. The number of rotatable bonds is 18. The van der Waals surface area contributed by atoms with Crippen molar-refractivity contribution in [1.82, 2.24) is 21.3 Å². The van der Waals surface area contributed by atoms with Gasteiger partial charge in [-0.25, -0.2) is 13.6 Å². The average molecular weight is 1020 g/mol. The van der Waals surface area contributed by atoms with Crippen molar-refractivity contribution in [3.63, 3.8) is 0 Å². The summed E-state index contributed by atoms with van der Waals surface area (Å²) in [6, 6.07) is 6.98. The van der Waals surface area contributed by atoms with Crippen molar-refractivity contribution in [1.29, 1.82) is 0 Å². The number of nitrogens with one attached hydrogen (secondary N) is 4. The summed E-state index contributed by atoms with van der Waals surface area (Å²) >= 11 is 0. The lowest BCUT2D eigenvalue weighted by Crippen LogP contribution is -2.51. The van der Waals surface area contributed by atoms with E-state index in [1.54, 1.807) is 6.92 Å². The van der Waals surface area contributed by atoms with Crippen molar-refractivity contribution in [3.8, 4) is 28.2 Å². The molecule has 2 aromatic carbocycles. The van der Waals surface area contributed by atoms with Crippen LogP contribution >= 0.6 is 0 Å². The van der Waals surface area contributed by atoms with E-state index in [9.17, 15) is 47.8 Å². The Labute approximate surface area is 431 Å². The second-order valence-electron chi connectivity index (χ2n) is 22.6. The number of aryl methyl sites for hydroxylation is 1. The van der Waals surface area contributed by atoms with Gasteiger partial charge in [-0.05, 0) is 140 Å². The van der Waals surface area contributed by atoms with Crippen molar-refractivity contribution in [2.24, 2.45) is 46.3 Å². The SMILES string of the molecule is Cc1cc(C(=O)N[C@@H](CCC(=O)O)C(=O)NCC(=O)NCCNC(=O)O[C@H]2CCC3(C)C(=CC[C@@H]4C3CCC3(C)C([C@H](C)CCCC(C)C)CC[C@@H]43)C2)ccc1-c1c2cc(F)c(=O)cc-2oc2cc(O)c(F)cc12. The second-order valence-corrected chi connectivity index (χ2v) is 22.6. The third-order valence-electron chi connectivity index (χ3n) is 17.5. The molecule has 6 N–H and O–H groups in total. The number of alkyl carbamates (subject to hydrolysis) is 1. The van der Waals surface area contributed by atoms with E-state index in [0.717, 1.165) is 73.6 Å². The maximum absolute atomic E-state index is 14.7. The number of amides is 4. The summed E-state index contributed by atoms with van der Waals surface area (Å²) in [5.74, 6) is -1.65. The third-order valence-corrected chi connectivity index (χ3v) is 17.5. The minimum Gasteiger partial charge on any atom is -0.505 e. The molecule has 398 valence electrons. The van der Waals surface area contributed by atoms with Crippen LogP contribution in [0.5, 0.6) is 5.75 Å². The molecule has 0 spiro atoms. The number of carboxylic acid groups (broad SMARTS) is 1. The summed E-state index contributed by atoms with van der Waals surface area (Å²) in [7, 11) is 0. The molecule has 5 aliphatic carbocycles. The van der Waals surface area contributed by atoms with E-state index >= 15 is 0 Å². The first-order chi connectivity index (χ1) is 35.2. The van der Waals surface area contributed by atoms with Crippen LogP contribution in [0.15, 0.2) is 63.3 Å². The predicted octanol–water partition coefficient (Wildman–Crippen LogP) is 10.2. The lowest BCUT2D eigenvalue weighted by molar-refractivity contribution is -0.137. The standard InChI is InChI=1S/C58H72F2N4O10/c1-31(2)8-7-9-32(3)41-14-15-42-38-13-11-35-25-36(18-20-57(35,5)43(38)19-21-58(41,42)6)73-56(72)62-23-22-61-51(67)30-63-55(71)46(16-17-52(68)69)64-54(70)34-10-12-37(33(4)24-34)53-39-26-44(59)47(65)28-49(39)74-50-29-48(66)45(60)27-40(50)53/h10-12,24,26-29,31-32,36,38,41-43,46,65H,7-9,13-23,25,30H2,1-6H3,(H,61,67)(H,62,72)(H,63,71)(H,64,70)(H,68,69)/t32-,36+,38+,41?,42+,43?,46+,57?,58?/m1/s1. The number of phenols is 1. The number of aliphatic carboxylic acids is 1. The highest BCUT2D eigenvalue weighted by Crippen LogP contribution is 2.67. The summed E-state index contributed by atoms with van der Waals surface area (Å²) in [6.07, 6.45) is 13.8. The zero-order chi connectivity index (χ0) is 53.2. The van der Waals surface area contributed by atoms with Gasteiger partial charge in [0.05, 0.1) is 6.54 Å². The van der Waals surface area contributed by atoms with Crippen LogP contribution in [-0.2, 0) is 19.1 Å². The van der Waals surface area contributed by atoms with E-state index in [4.69, 9.17) is 9.15 Å². The normalized spacial score (nSPS) is 25.0. The molecule has 6 aliphatic rings. The molecule has 14 nitrogen and oxygen atoms in total. The number of hydrogen-bond donors (Lipinski definition) is 6. The van der Waals surface area contributed by atoms with Gasteiger partial charge in [0.2, 0.25) is 17.2 Å². The minimum atomic E-state index is -1.36. The number of aromatic hydroxyl groups is 1. The lowest BCUT2D eigenvalue weighted by Gasteiger charge is -2.58. The predicted molar refractivity (Wildman–Crippen MR) is 276 cm³/mol. The zero-order valence-electron chi connectivity index (χ0n) is 43.5. The first kappa shape index (κ1) is 54.0. The fourth-order valence-electron chi connectivity index (χ4n) is 13.7. The maximum Gasteiger partial charge on any atom is 0.407 e. The summed E-state index contributed by atoms with van der Waals surface area (Å²) in [4.78, 5) is 76.3. The number of hydrogen-bond acceptors (Lipinski definition) is 9. The number of carboxylic acids is 1. The molecule has 0 aromatic heterocycles. The molecule has 3 fully saturated rings. The molecular formula is C58H72F2N4O10. The molecule has 9 atom stereocenters. The quantitative estimate of drug-likeness (QED) is 0.0315. The Kier molecular flexibility index (Phi) is 16.2. The Morgan fingerprint density at radius 1 is 0.865 bits per heavy atom. The van der Waals surface area contributed by atoms with Crippen LogP contribution in [0.1, 0.15) is 134 Å². The topological polar surface area (TPSA) is 213 Å². The highest BCUT2D eigenvalue weighted by molar-refractivity contribution is 6.04. The average Bonchev–Trinajstić information content (AvgIpc) is 3.71. The molecule has 1 aliphatic heterocycles. The lowest BCUT2D eigenvalue weighted by atomic mass is 9.47. The number of carbonyl (C=O) groups excluding carboxylic acids is 4. The van der Waals surface area contributed by atoms with Gasteiger partial charge in [-0.15, -0.1) is 0 Å². The van der Waals surface area contributed by atoms with Crippen molar-refractivity contribution < 1.29 is 52.1 Å². The van der Waals surface area contributed by atoms with E-state index in [1.165, 1.54) is 68.7 Å². The van der Waals surface area contributed by atoms with Gasteiger partial charge < -0.3 is 40.6 Å². The number of phenolic OH excluding ortho intramolecular Hbond substituents is 1. The molecule has 0 saturated heterocycles. The van der Waals surface area contributed by atoms with Gasteiger partial charge in [-0.2, -0.15) is 0 Å². The third kappa shape index (κ3) is 11.3. The van der Waals surface area contributed by atoms with E-state index < -0.39 is 71.6 Å². The highest BCUT2D eigenvalue weighted by Gasteiger charge is 2.59. The van der Waals surface area contributed by atoms with Gasteiger partial charge in [0, 0.05) is 60.1 Å². The summed E-state index contributed by atoms with van der Waals surface area (Å²) in [5.41, 5.74) is 2.34.